The number of anilines is 1. The second kappa shape index (κ2) is 5.79. The molecular weight excluding hydrogens is 315 g/mol. The first-order chi connectivity index (χ1) is 9.06. The predicted molar refractivity (Wildman–Crippen MR) is 72.5 cm³/mol. The number of carboxylic acid groups (broad SMARTS) is 1. The standard InChI is InChI=1S/C13H10BrFN2O2/c14-12-3-1-2-10(16-12)8-17(13(18)19)11-6-4-9(15)5-7-11/h1-7H,8H2,(H,18,19). The lowest BCUT2D eigenvalue weighted by Crippen LogP contribution is -2.28. The highest BCUT2D eigenvalue weighted by molar-refractivity contribution is 9.10. The second-order valence-electron chi connectivity index (χ2n) is 3.80. The van der Waals surface area contributed by atoms with Gasteiger partial charge in [-0.15, -0.1) is 0 Å². The number of halogens is 2. The molecule has 4 nitrogen and oxygen atoms in total. The molecule has 1 aromatic heterocycles. The van der Waals surface area contributed by atoms with Gasteiger partial charge in [0.05, 0.1) is 12.2 Å². The summed E-state index contributed by atoms with van der Waals surface area (Å²) >= 11 is 3.23. The van der Waals surface area contributed by atoms with Crippen molar-refractivity contribution in [3.8, 4) is 0 Å². The summed E-state index contributed by atoms with van der Waals surface area (Å²) in [5, 5.41) is 9.22. The Morgan fingerprint density at radius 3 is 2.53 bits per heavy atom. The number of nitrogens with zero attached hydrogens (tertiary/aromatic N) is 2. The van der Waals surface area contributed by atoms with Crippen LogP contribution in [0.25, 0.3) is 0 Å². The lowest BCUT2D eigenvalue weighted by Gasteiger charge is -2.18. The molecule has 19 heavy (non-hydrogen) atoms. The van der Waals surface area contributed by atoms with E-state index < -0.39 is 11.9 Å². The average Bonchev–Trinajstić information content (AvgIpc) is 2.37. The summed E-state index contributed by atoms with van der Waals surface area (Å²) in [6, 6.07) is 10.5. The van der Waals surface area contributed by atoms with Crippen molar-refractivity contribution in [1.29, 1.82) is 0 Å². The van der Waals surface area contributed by atoms with Gasteiger partial charge in [-0.2, -0.15) is 0 Å². The molecule has 2 rings (SSSR count). The fourth-order valence-corrected chi connectivity index (χ4v) is 1.97. The Hall–Kier alpha value is -1.95. The van der Waals surface area contributed by atoms with E-state index in [-0.39, 0.29) is 6.54 Å². The Labute approximate surface area is 117 Å². The Morgan fingerprint density at radius 1 is 1.26 bits per heavy atom. The fourth-order valence-electron chi connectivity index (χ4n) is 1.59. The lowest BCUT2D eigenvalue weighted by molar-refractivity contribution is 0.201. The van der Waals surface area contributed by atoms with E-state index in [1.165, 1.54) is 24.3 Å². The van der Waals surface area contributed by atoms with Crippen LogP contribution < -0.4 is 4.90 Å². The highest BCUT2D eigenvalue weighted by Crippen LogP contribution is 2.18. The first-order valence-corrected chi connectivity index (χ1v) is 6.23. The summed E-state index contributed by atoms with van der Waals surface area (Å²) in [5.41, 5.74) is 0.997. The van der Waals surface area contributed by atoms with Gasteiger partial charge >= 0.3 is 6.09 Å². The monoisotopic (exact) mass is 324 g/mol. The molecule has 0 fully saturated rings. The largest absolute Gasteiger partial charge is 0.465 e. The number of hydrogen-bond donors (Lipinski definition) is 1. The highest BCUT2D eigenvalue weighted by atomic mass is 79.9. The van der Waals surface area contributed by atoms with Gasteiger partial charge < -0.3 is 5.11 Å². The number of amides is 1. The van der Waals surface area contributed by atoms with E-state index >= 15 is 0 Å². The topological polar surface area (TPSA) is 53.4 Å². The molecule has 0 unspecified atom stereocenters. The van der Waals surface area contributed by atoms with Crippen LogP contribution >= 0.6 is 15.9 Å². The Balaban J connectivity index is 2.26. The van der Waals surface area contributed by atoms with E-state index in [0.29, 0.717) is 16.0 Å². The molecule has 0 aliphatic rings. The number of hydrogen-bond acceptors (Lipinski definition) is 2. The van der Waals surface area contributed by atoms with Crippen LogP contribution in [0.15, 0.2) is 47.1 Å². The van der Waals surface area contributed by atoms with Crippen LogP contribution in [0, 0.1) is 5.82 Å². The predicted octanol–water partition coefficient (Wildman–Crippen LogP) is 3.67. The smallest absolute Gasteiger partial charge is 0.412 e. The van der Waals surface area contributed by atoms with E-state index in [9.17, 15) is 14.3 Å². The SMILES string of the molecule is O=C(O)N(Cc1cccc(Br)n1)c1ccc(F)cc1. The maximum atomic E-state index is 12.8. The average molecular weight is 325 g/mol. The Morgan fingerprint density at radius 2 is 1.95 bits per heavy atom. The van der Waals surface area contributed by atoms with E-state index in [4.69, 9.17) is 0 Å². The Kier molecular flexibility index (Phi) is 4.11. The summed E-state index contributed by atoms with van der Waals surface area (Å²) in [7, 11) is 0. The fraction of sp³-hybridized carbons (Fsp3) is 0.0769. The molecule has 0 bridgehead atoms. The van der Waals surface area contributed by atoms with Crippen LogP contribution in [0.3, 0.4) is 0 Å². The molecule has 98 valence electrons. The summed E-state index contributed by atoms with van der Waals surface area (Å²) in [4.78, 5) is 16.5. The third kappa shape index (κ3) is 3.51. The minimum atomic E-state index is -1.12. The highest BCUT2D eigenvalue weighted by Gasteiger charge is 2.15. The van der Waals surface area contributed by atoms with E-state index in [2.05, 4.69) is 20.9 Å². The van der Waals surface area contributed by atoms with Crippen molar-refractivity contribution in [1.82, 2.24) is 4.98 Å². The molecule has 1 heterocycles. The first-order valence-electron chi connectivity index (χ1n) is 5.44. The van der Waals surface area contributed by atoms with E-state index in [1.54, 1.807) is 18.2 Å². The van der Waals surface area contributed by atoms with Crippen molar-refractivity contribution in [3.63, 3.8) is 0 Å². The third-order valence-corrected chi connectivity index (χ3v) is 2.90. The van der Waals surface area contributed by atoms with E-state index in [0.717, 1.165) is 4.90 Å². The minimum Gasteiger partial charge on any atom is -0.465 e. The molecule has 0 atom stereocenters. The molecule has 6 heteroatoms. The molecule has 2 aromatic rings. The summed E-state index contributed by atoms with van der Waals surface area (Å²) in [6.45, 7) is 0.0976. The Bertz CT molecular complexity index is 589. The zero-order valence-corrected chi connectivity index (χ0v) is 11.3. The third-order valence-electron chi connectivity index (χ3n) is 2.46. The van der Waals surface area contributed by atoms with Gasteiger partial charge in [0.1, 0.15) is 10.4 Å². The van der Waals surface area contributed by atoms with Crippen molar-refractivity contribution >= 4 is 27.7 Å². The van der Waals surface area contributed by atoms with Gasteiger partial charge in [0, 0.05) is 5.69 Å². The molecule has 0 radical (unpaired) electrons. The van der Waals surface area contributed by atoms with Crippen molar-refractivity contribution < 1.29 is 14.3 Å². The van der Waals surface area contributed by atoms with Gasteiger partial charge in [-0.25, -0.2) is 14.2 Å². The number of pyridine rings is 1. The molecule has 0 saturated carbocycles. The van der Waals surface area contributed by atoms with Gasteiger partial charge in [-0.3, -0.25) is 4.90 Å². The van der Waals surface area contributed by atoms with Gasteiger partial charge in [-0.1, -0.05) is 6.07 Å². The van der Waals surface area contributed by atoms with Crippen LogP contribution in [-0.2, 0) is 6.54 Å². The number of benzene rings is 1. The number of carbonyl (C=O) groups is 1. The minimum absolute atomic E-state index is 0.0976. The van der Waals surface area contributed by atoms with Crippen LogP contribution in [0.1, 0.15) is 5.69 Å². The zero-order chi connectivity index (χ0) is 13.8. The molecule has 1 aromatic carbocycles. The first kappa shape index (κ1) is 13.5. The molecule has 1 N–H and O–H groups in total. The molecule has 0 spiro atoms. The summed E-state index contributed by atoms with van der Waals surface area (Å²) in [5.74, 6) is -0.408. The molecule has 0 aliphatic carbocycles. The molecular formula is C13H10BrFN2O2. The second-order valence-corrected chi connectivity index (χ2v) is 4.61. The van der Waals surface area contributed by atoms with Crippen molar-refractivity contribution in [3.05, 3.63) is 58.6 Å². The van der Waals surface area contributed by atoms with Crippen molar-refractivity contribution in [2.45, 2.75) is 6.54 Å². The lowest BCUT2D eigenvalue weighted by atomic mass is 10.2. The van der Waals surface area contributed by atoms with Crippen LogP contribution in [-0.4, -0.2) is 16.2 Å². The normalized spacial score (nSPS) is 10.2. The van der Waals surface area contributed by atoms with Gasteiger partial charge in [0.2, 0.25) is 0 Å². The van der Waals surface area contributed by atoms with Crippen molar-refractivity contribution in [2.24, 2.45) is 0 Å². The van der Waals surface area contributed by atoms with E-state index in [1.807, 2.05) is 0 Å². The molecule has 0 aliphatic heterocycles. The summed E-state index contributed by atoms with van der Waals surface area (Å²) < 4.78 is 13.5. The quantitative estimate of drug-likeness (QED) is 0.876. The van der Waals surface area contributed by atoms with Crippen LogP contribution in [0.4, 0.5) is 14.9 Å². The maximum absolute atomic E-state index is 12.8. The van der Waals surface area contributed by atoms with Gasteiger partial charge in [-0.05, 0) is 52.3 Å². The number of aromatic nitrogens is 1. The maximum Gasteiger partial charge on any atom is 0.412 e. The van der Waals surface area contributed by atoms with Crippen LogP contribution in [0.2, 0.25) is 0 Å². The van der Waals surface area contributed by atoms with Gasteiger partial charge in [0.25, 0.3) is 0 Å². The van der Waals surface area contributed by atoms with Crippen LogP contribution in [0.5, 0.6) is 0 Å². The number of rotatable bonds is 3. The summed E-state index contributed by atoms with van der Waals surface area (Å²) in [6.07, 6.45) is -1.12. The van der Waals surface area contributed by atoms with Crippen molar-refractivity contribution in [2.75, 3.05) is 4.90 Å². The van der Waals surface area contributed by atoms with Gasteiger partial charge in [0.15, 0.2) is 0 Å². The molecule has 1 amide bonds. The molecule has 0 saturated heterocycles. The zero-order valence-electron chi connectivity index (χ0n) is 9.75.